The second-order valence-corrected chi connectivity index (χ2v) is 17.6. The molecule has 0 unspecified atom stereocenters. The molecule has 0 atom stereocenters. The number of hydrogen-bond acceptors (Lipinski definition) is 5. The second-order valence-electron chi connectivity index (χ2n) is 17.6. The topological polar surface area (TPSA) is 71.6 Å². The third-order valence-electron chi connectivity index (χ3n) is 13.0. The first kappa shape index (κ1) is 38.8. The van der Waals surface area contributed by atoms with E-state index in [4.69, 9.17) is 4.42 Å². The largest absolute Gasteiger partial charge is 0.454 e. The lowest BCUT2D eigenvalue weighted by atomic mass is 9.97. The van der Waals surface area contributed by atoms with Gasteiger partial charge in [-0.1, -0.05) is 66.7 Å². The first-order chi connectivity index (χ1) is 32.2. The molecule has 0 N–H and O–H groups in total. The van der Waals surface area contributed by atoms with Crippen molar-refractivity contribution in [3.63, 3.8) is 0 Å². The van der Waals surface area contributed by atoms with Gasteiger partial charge in [0.25, 0.3) is 0 Å². The Morgan fingerprint density at radius 2 is 0.970 bits per heavy atom. The van der Waals surface area contributed by atoms with E-state index in [2.05, 4.69) is 181 Å². The maximum Gasteiger partial charge on any atom is 0.161 e. The van der Waals surface area contributed by atoms with Gasteiger partial charge in [0.1, 0.15) is 11.1 Å². The van der Waals surface area contributed by atoms with Crippen molar-refractivity contribution in [1.82, 2.24) is 4.40 Å². The van der Waals surface area contributed by atoms with Gasteiger partial charge >= 0.3 is 0 Å². The van der Waals surface area contributed by atoms with Crippen LogP contribution in [-0.4, -0.2) is 4.40 Å². The fraction of sp³-hybridized carbons (Fsp3) is 0.0667. The normalized spacial score (nSPS) is 11.6. The molecule has 0 aliphatic rings. The van der Waals surface area contributed by atoms with E-state index in [9.17, 15) is 10.5 Å². The van der Waals surface area contributed by atoms with Gasteiger partial charge in [0.2, 0.25) is 0 Å². The average molecular weight is 848 g/mol. The maximum absolute atomic E-state index is 9.79. The molecule has 3 heterocycles. The molecule has 0 radical (unpaired) electrons. The quantitative estimate of drug-likeness (QED) is 0.160. The number of rotatable bonds is 7. The van der Waals surface area contributed by atoms with E-state index in [0.29, 0.717) is 11.1 Å². The van der Waals surface area contributed by atoms with E-state index < -0.39 is 0 Å². The van der Waals surface area contributed by atoms with Crippen molar-refractivity contribution in [2.24, 2.45) is 0 Å². The Kier molecular flexibility index (Phi) is 8.75. The van der Waals surface area contributed by atoms with E-state index in [1.807, 2.05) is 48.5 Å². The molecule has 0 bridgehead atoms. The first-order valence-corrected chi connectivity index (χ1v) is 22.2. The molecule has 6 nitrogen and oxygen atoms in total. The van der Waals surface area contributed by atoms with Crippen molar-refractivity contribution in [3.8, 4) is 23.3 Å². The van der Waals surface area contributed by atoms with Gasteiger partial charge in [-0.05, 0) is 170 Å². The molecule has 312 valence electrons. The summed E-state index contributed by atoms with van der Waals surface area (Å²) < 4.78 is 9.59. The van der Waals surface area contributed by atoms with E-state index >= 15 is 0 Å². The van der Waals surface area contributed by atoms with Crippen molar-refractivity contribution in [2.75, 3.05) is 9.80 Å². The summed E-state index contributed by atoms with van der Waals surface area (Å²) in [5, 5.41) is 26.1. The first-order valence-electron chi connectivity index (χ1n) is 22.2. The minimum atomic E-state index is 0.612. The number of fused-ring (bicyclic) bond motifs is 10. The number of nitrogens with zero attached hydrogens (tertiary/aromatic N) is 5. The van der Waals surface area contributed by atoms with Crippen LogP contribution in [0.4, 0.5) is 34.1 Å². The molecule has 0 fully saturated rings. The molecule has 6 heteroatoms. The predicted molar refractivity (Wildman–Crippen MR) is 272 cm³/mol. The van der Waals surface area contributed by atoms with E-state index in [-0.39, 0.29) is 0 Å². The molecule has 66 heavy (non-hydrogen) atoms. The summed E-state index contributed by atoms with van der Waals surface area (Å²) in [4.78, 5) is 4.58. The molecule has 0 aliphatic heterocycles. The Bertz CT molecular complexity index is 3960. The van der Waals surface area contributed by atoms with Gasteiger partial charge in [0, 0.05) is 61.4 Å². The molecule has 12 aromatic rings. The molecule has 0 spiro atoms. The van der Waals surface area contributed by atoms with E-state index in [1.54, 1.807) is 0 Å². The highest BCUT2D eigenvalue weighted by Crippen LogP contribution is 2.50. The lowest BCUT2D eigenvalue weighted by Gasteiger charge is -2.28. The van der Waals surface area contributed by atoms with Gasteiger partial charge < -0.3 is 18.6 Å². The Morgan fingerprint density at radius 1 is 0.424 bits per heavy atom. The summed E-state index contributed by atoms with van der Waals surface area (Å²) in [5.74, 6) is 0. The number of furan rings is 1. The van der Waals surface area contributed by atoms with Crippen LogP contribution < -0.4 is 9.80 Å². The zero-order chi connectivity index (χ0) is 44.8. The number of nitriles is 2. The summed E-state index contributed by atoms with van der Waals surface area (Å²) in [6.45, 7) is 8.53. The van der Waals surface area contributed by atoms with Crippen LogP contribution in [-0.2, 0) is 0 Å². The Hall–Kier alpha value is -8.84. The van der Waals surface area contributed by atoms with Gasteiger partial charge in [-0.2, -0.15) is 10.5 Å². The molecule has 3 aromatic heterocycles. The van der Waals surface area contributed by atoms with Crippen molar-refractivity contribution in [1.29, 1.82) is 10.5 Å². The van der Waals surface area contributed by atoms with Gasteiger partial charge in [-0.15, -0.1) is 0 Å². The van der Waals surface area contributed by atoms with Crippen LogP contribution in [0.3, 0.4) is 0 Å². The van der Waals surface area contributed by atoms with Crippen LogP contribution in [0, 0.1) is 50.4 Å². The highest BCUT2D eigenvalue weighted by atomic mass is 16.3. The van der Waals surface area contributed by atoms with Crippen molar-refractivity contribution < 1.29 is 4.42 Å². The smallest absolute Gasteiger partial charge is 0.161 e. The minimum Gasteiger partial charge on any atom is -0.454 e. The Morgan fingerprint density at radius 3 is 1.59 bits per heavy atom. The van der Waals surface area contributed by atoms with E-state index in [1.165, 1.54) is 33.0 Å². The predicted octanol–water partition coefficient (Wildman–Crippen LogP) is 16.3. The highest BCUT2D eigenvalue weighted by molar-refractivity contribution is 6.32. The van der Waals surface area contributed by atoms with Crippen molar-refractivity contribution in [2.45, 2.75) is 27.7 Å². The molecule has 0 aliphatic carbocycles. The van der Waals surface area contributed by atoms with Crippen LogP contribution in [0.1, 0.15) is 33.4 Å². The zero-order valence-electron chi connectivity index (χ0n) is 36.9. The van der Waals surface area contributed by atoms with Crippen LogP contribution >= 0.6 is 0 Å². The molecule has 0 saturated carbocycles. The average Bonchev–Trinajstić information content (AvgIpc) is 3.97. The van der Waals surface area contributed by atoms with Gasteiger partial charge in [0.15, 0.2) is 5.58 Å². The number of hydrogen-bond donors (Lipinski definition) is 0. The highest BCUT2D eigenvalue weighted by Gasteiger charge is 2.28. The van der Waals surface area contributed by atoms with Crippen LogP contribution in [0.15, 0.2) is 180 Å². The summed E-state index contributed by atoms with van der Waals surface area (Å²) in [5.41, 5.74) is 19.0. The molecule has 0 saturated heterocycles. The minimum absolute atomic E-state index is 0.612. The third-order valence-corrected chi connectivity index (χ3v) is 13.0. The van der Waals surface area contributed by atoms with Gasteiger partial charge in [-0.3, -0.25) is 0 Å². The number of aromatic nitrogens is 1. The number of aryl methyl sites for hydroxylation is 4. The fourth-order valence-corrected chi connectivity index (χ4v) is 10.4. The summed E-state index contributed by atoms with van der Waals surface area (Å²) in [6.07, 6.45) is 0. The van der Waals surface area contributed by atoms with Crippen molar-refractivity contribution >= 4 is 94.2 Å². The van der Waals surface area contributed by atoms with E-state index in [0.717, 1.165) is 94.5 Å². The molecule has 0 amide bonds. The summed E-state index contributed by atoms with van der Waals surface area (Å²) in [6, 6.07) is 66.4. The third kappa shape index (κ3) is 6.08. The van der Waals surface area contributed by atoms with Gasteiger partial charge in [0.05, 0.1) is 40.0 Å². The zero-order valence-corrected chi connectivity index (χ0v) is 36.9. The molecular formula is C60H41N5O. The molecule has 12 rings (SSSR count). The van der Waals surface area contributed by atoms with Crippen molar-refractivity contribution in [3.05, 3.63) is 209 Å². The van der Waals surface area contributed by atoms with Crippen LogP contribution in [0.5, 0.6) is 0 Å². The monoisotopic (exact) mass is 847 g/mol. The van der Waals surface area contributed by atoms with Gasteiger partial charge in [-0.25, -0.2) is 0 Å². The van der Waals surface area contributed by atoms with Crippen LogP contribution in [0.25, 0.3) is 71.2 Å². The Labute approximate surface area is 382 Å². The lowest BCUT2D eigenvalue weighted by molar-refractivity contribution is 0.673. The summed E-state index contributed by atoms with van der Waals surface area (Å²) in [7, 11) is 0. The van der Waals surface area contributed by atoms with Crippen LogP contribution in [0.2, 0.25) is 0 Å². The molecule has 9 aromatic carbocycles. The number of benzene rings is 9. The second kappa shape index (κ2) is 14.9. The Balaban J connectivity index is 1.18. The standard InChI is InChI=1S/C60H41N5O/c1-36-24-37(2)27-47(26-36)63(44-18-14-40(34-61)15-19-44)46-22-23-51-56(32-46)66-60-53-31-43(42-10-6-5-7-11-42)30-52-57-50-13-9-8-12-49(50)54(33-55(57)65(58(52)53)59(51)60)64(45-20-16-41(35-62)17-21-45)48-28-38(3)25-39(4)29-48/h5-33H,1-4H3. The number of anilines is 6. The molecular weight excluding hydrogens is 807 g/mol. The maximum atomic E-state index is 9.79. The lowest BCUT2D eigenvalue weighted by Crippen LogP contribution is -2.11. The SMILES string of the molecule is Cc1cc(C)cc(N(c2ccc(C#N)cc2)c2ccc3c(c2)oc2c4cc(-c5ccccc5)cc5c6c7ccccc7c(N(c7ccc(C#N)cc7)c7cc(C)cc(C)c7)cc6n(c45)c32)c1. The fourth-order valence-electron chi connectivity index (χ4n) is 10.4. The summed E-state index contributed by atoms with van der Waals surface area (Å²) >= 11 is 0.